The average molecular weight is 296 g/mol. The molecule has 2 aromatic rings. The zero-order valence-electron chi connectivity index (χ0n) is 10.5. The standard InChI is InChI=1S/C12H12N2O5S/c1-8-2-3-9(12(15)16)6-11(8)20(17,18)13-7-10-4-5-19-14-10/h2-6,13H,7H2,1H3,(H,15,16). The lowest BCUT2D eigenvalue weighted by molar-refractivity contribution is 0.0696. The highest BCUT2D eigenvalue weighted by Gasteiger charge is 2.19. The third-order valence-electron chi connectivity index (χ3n) is 2.66. The number of nitrogens with one attached hydrogen (secondary N) is 1. The van der Waals surface area contributed by atoms with Crippen molar-refractivity contribution in [3.05, 3.63) is 47.3 Å². The van der Waals surface area contributed by atoms with Crippen molar-refractivity contribution in [2.24, 2.45) is 0 Å². The Labute approximate surface area is 115 Å². The molecule has 0 unspecified atom stereocenters. The van der Waals surface area contributed by atoms with Crippen LogP contribution in [0.4, 0.5) is 0 Å². The number of benzene rings is 1. The number of carbonyl (C=O) groups is 1. The van der Waals surface area contributed by atoms with Crippen molar-refractivity contribution in [3.63, 3.8) is 0 Å². The topological polar surface area (TPSA) is 110 Å². The summed E-state index contributed by atoms with van der Waals surface area (Å²) in [4.78, 5) is 10.8. The summed E-state index contributed by atoms with van der Waals surface area (Å²) in [6, 6.07) is 5.47. The Morgan fingerprint density at radius 1 is 1.40 bits per heavy atom. The molecule has 7 nitrogen and oxygen atoms in total. The number of aromatic carboxylic acids is 1. The summed E-state index contributed by atoms with van der Waals surface area (Å²) in [5, 5.41) is 12.5. The van der Waals surface area contributed by atoms with Crippen LogP contribution in [-0.4, -0.2) is 24.7 Å². The number of carboxylic acids is 1. The molecule has 0 aliphatic heterocycles. The third kappa shape index (κ3) is 3.03. The van der Waals surface area contributed by atoms with Crippen molar-refractivity contribution in [2.75, 3.05) is 0 Å². The molecule has 0 bridgehead atoms. The Hall–Kier alpha value is -2.19. The number of aromatic nitrogens is 1. The molecule has 0 amide bonds. The lowest BCUT2D eigenvalue weighted by Crippen LogP contribution is -2.24. The summed E-state index contributed by atoms with van der Waals surface area (Å²) in [5.74, 6) is -1.18. The molecule has 2 N–H and O–H groups in total. The molecule has 0 saturated carbocycles. The Kier molecular flexibility index (Phi) is 3.86. The van der Waals surface area contributed by atoms with Gasteiger partial charge in [-0.1, -0.05) is 11.2 Å². The van der Waals surface area contributed by atoms with Crippen LogP contribution in [0.2, 0.25) is 0 Å². The summed E-state index contributed by atoms with van der Waals surface area (Å²) in [6.45, 7) is 1.56. The van der Waals surface area contributed by atoms with Gasteiger partial charge >= 0.3 is 5.97 Å². The minimum Gasteiger partial charge on any atom is -0.478 e. The van der Waals surface area contributed by atoms with Crippen molar-refractivity contribution >= 4 is 16.0 Å². The van der Waals surface area contributed by atoms with E-state index in [0.29, 0.717) is 11.3 Å². The number of nitrogens with zero attached hydrogens (tertiary/aromatic N) is 1. The van der Waals surface area contributed by atoms with Crippen molar-refractivity contribution in [1.82, 2.24) is 9.88 Å². The van der Waals surface area contributed by atoms with Crippen LogP contribution in [0.5, 0.6) is 0 Å². The van der Waals surface area contributed by atoms with Crippen molar-refractivity contribution in [2.45, 2.75) is 18.4 Å². The summed E-state index contributed by atoms with van der Waals surface area (Å²) < 4.78 is 31.3. The molecule has 106 valence electrons. The predicted octanol–water partition coefficient (Wildman–Crippen LogP) is 1.16. The Bertz CT molecular complexity index is 722. The highest BCUT2D eigenvalue weighted by molar-refractivity contribution is 7.89. The first-order valence-electron chi connectivity index (χ1n) is 5.63. The highest BCUT2D eigenvalue weighted by atomic mass is 32.2. The normalized spacial score (nSPS) is 11.4. The molecule has 0 aliphatic rings. The second kappa shape index (κ2) is 5.43. The fraction of sp³-hybridized carbons (Fsp3) is 0.167. The van der Waals surface area contributed by atoms with Gasteiger partial charge in [-0.2, -0.15) is 0 Å². The lowest BCUT2D eigenvalue weighted by atomic mass is 10.1. The highest BCUT2D eigenvalue weighted by Crippen LogP contribution is 2.17. The van der Waals surface area contributed by atoms with E-state index in [0.717, 1.165) is 6.07 Å². The fourth-order valence-electron chi connectivity index (χ4n) is 1.60. The summed E-state index contributed by atoms with van der Waals surface area (Å²) in [7, 11) is -3.82. The van der Waals surface area contributed by atoms with Gasteiger partial charge in [-0.05, 0) is 24.6 Å². The molecule has 0 atom stereocenters. The number of rotatable bonds is 5. The Morgan fingerprint density at radius 3 is 2.75 bits per heavy atom. The maximum absolute atomic E-state index is 12.2. The molecule has 1 heterocycles. The van der Waals surface area contributed by atoms with E-state index in [1.165, 1.54) is 24.5 Å². The number of aryl methyl sites for hydroxylation is 1. The lowest BCUT2D eigenvalue weighted by Gasteiger charge is -2.09. The average Bonchev–Trinajstić information content (AvgIpc) is 2.89. The van der Waals surface area contributed by atoms with E-state index < -0.39 is 16.0 Å². The molecular formula is C12H12N2O5S. The monoisotopic (exact) mass is 296 g/mol. The summed E-state index contributed by atoms with van der Waals surface area (Å²) in [5.41, 5.74) is 0.806. The van der Waals surface area contributed by atoms with Crippen LogP contribution in [0.3, 0.4) is 0 Å². The van der Waals surface area contributed by atoms with E-state index in [1.807, 2.05) is 0 Å². The predicted molar refractivity (Wildman–Crippen MR) is 68.7 cm³/mol. The minimum atomic E-state index is -3.82. The second-order valence-corrected chi connectivity index (χ2v) is 5.84. The van der Waals surface area contributed by atoms with Crippen LogP contribution in [0.1, 0.15) is 21.6 Å². The smallest absolute Gasteiger partial charge is 0.335 e. The molecule has 0 saturated heterocycles. The van der Waals surface area contributed by atoms with E-state index >= 15 is 0 Å². The first-order valence-corrected chi connectivity index (χ1v) is 7.11. The SMILES string of the molecule is Cc1ccc(C(=O)O)cc1S(=O)(=O)NCc1ccon1. The van der Waals surface area contributed by atoms with Gasteiger partial charge < -0.3 is 9.63 Å². The van der Waals surface area contributed by atoms with Crippen molar-refractivity contribution in [3.8, 4) is 0 Å². The molecular weight excluding hydrogens is 284 g/mol. The van der Waals surface area contributed by atoms with Gasteiger partial charge in [-0.15, -0.1) is 0 Å². The van der Waals surface area contributed by atoms with Crippen LogP contribution in [-0.2, 0) is 16.6 Å². The van der Waals surface area contributed by atoms with E-state index in [2.05, 4.69) is 14.4 Å². The zero-order chi connectivity index (χ0) is 14.8. The first-order chi connectivity index (χ1) is 9.40. The Morgan fingerprint density at radius 2 is 2.15 bits per heavy atom. The Balaban J connectivity index is 2.28. The zero-order valence-corrected chi connectivity index (χ0v) is 11.3. The van der Waals surface area contributed by atoms with E-state index in [1.54, 1.807) is 6.92 Å². The quantitative estimate of drug-likeness (QED) is 0.856. The minimum absolute atomic E-state index is 0.0322. The first kappa shape index (κ1) is 14.2. The molecule has 1 aromatic carbocycles. The second-order valence-electron chi connectivity index (χ2n) is 4.10. The van der Waals surface area contributed by atoms with Crippen LogP contribution >= 0.6 is 0 Å². The fourth-order valence-corrected chi connectivity index (χ4v) is 2.87. The summed E-state index contributed by atoms with van der Waals surface area (Å²) >= 11 is 0. The molecule has 8 heteroatoms. The van der Waals surface area contributed by atoms with Crippen molar-refractivity contribution in [1.29, 1.82) is 0 Å². The summed E-state index contributed by atoms with van der Waals surface area (Å²) in [6.07, 6.45) is 1.33. The van der Waals surface area contributed by atoms with Crippen LogP contribution < -0.4 is 4.72 Å². The van der Waals surface area contributed by atoms with Crippen LogP contribution in [0.25, 0.3) is 0 Å². The van der Waals surface area contributed by atoms with Gasteiger partial charge in [0.25, 0.3) is 0 Å². The number of sulfonamides is 1. The maximum atomic E-state index is 12.2. The van der Waals surface area contributed by atoms with Gasteiger partial charge in [-0.25, -0.2) is 17.9 Å². The molecule has 20 heavy (non-hydrogen) atoms. The molecule has 0 aliphatic carbocycles. The van der Waals surface area contributed by atoms with Crippen LogP contribution in [0.15, 0.2) is 39.9 Å². The number of carboxylic acid groups (broad SMARTS) is 1. The van der Waals surface area contributed by atoms with Gasteiger partial charge in [0.1, 0.15) is 6.26 Å². The van der Waals surface area contributed by atoms with Gasteiger partial charge in [0.2, 0.25) is 10.0 Å². The van der Waals surface area contributed by atoms with Crippen LogP contribution in [0, 0.1) is 6.92 Å². The molecule has 0 fully saturated rings. The maximum Gasteiger partial charge on any atom is 0.335 e. The van der Waals surface area contributed by atoms with E-state index in [-0.39, 0.29) is 17.0 Å². The van der Waals surface area contributed by atoms with Gasteiger partial charge in [0.15, 0.2) is 0 Å². The molecule has 1 aromatic heterocycles. The van der Waals surface area contributed by atoms with E-state index in [9.17, 15) is 13.2 Å². The number of hydrogen-bond donors (Lipinski definition) is 2. The van der Waals surface area contributed by atoms with Gasteiger partial charge in [0.05, 0.1) is 22.7 Å². The number of hydrogen-bond acceptors (Lipinski definition) is 5. The van der Waals surface area contributed by atoms with Gasteiger partial charge in [-0.3, -0.25) is 0 Å². The van der Waals surface area contributed by atoms with Crippen molar-refractivity contribution < 1.29 is 22.8 Å². The van der Waals surface area contributed by atoms with Gasteiger partial charge in [0, 0.05) is 6.07 Å². The largest absolute Gasteiger partial charge is 0.478 e. The molecule has 2 rings (SSSR count). The van der Waals surface area contributed by atoms with E-state index in [4.69, 9.17) is 5.11 Å². The third-order valence-corrected chi connectivity index (χ3v) is 4.20. The molecule has 0 radical (unpaired) electrons. The molecule has 0 spiro atoms.